The van der Waals surface area contributed by atoms with Crippen molar-refractivity contribution in [1.29, 1.82) is 0 Å². The Kier molecular flexibility index (Phi) is 7.17. The largest absolute Gasteiger partial charge is 0.341 e. The van der Waals surface area contributed by atoms with Gasteiger partial charge in [0.05, 0.1) is 15.0 Å². The molecule has 184 valence electrons. The molecule has 7 nitrogen and oxygen atoms in total. The third kappa shape index (κ3) is 5.06. The number of sulfonamides is 1. The lowest BCUT2D eigenvalue weighted by atomic mass is 9.81. The Hall–Kier alpha value is -2.23. The van der Waals surface area contributed by atoms with Crippen molar-refractivity contribution in [3.8, 4) is 0 Å². The van der Waals surface area contributed by atoms with Gasteiger partial charge in [0.25, 0.3) is 0 Å². The molecule has 1 aliphatic carbocycles. The molecular weight excluding hydrogens is 472 g/mol. The minimum atomic E-state index is -3.89. The lowest BCUT2D eigenvalue weighted by Crippen LogP contribution is -2.61. The minimum absolute atomic E-state index is 0.151. The van der Waals surface area contributed by atoms with Crippen LogP contribution in [0.2, 0.25) is 0 Å². The Balaban J connectivity index is 1.51. The number of amides is 1. The average molecular weight is 505 g/mol. The predicted octanol–water partition coefficient (Wildman–Crippen LogP) is 3.44. The number of benzene rings is 2. The maximum absolute atomic E-state index is 13.7. The van der Waals surface area contributed by atoms with E-state index in [4.69, 9.17) is 0 Å². The number of piperidine rings is 1. The monoisotopic (exact) mass is 504 g/mol. The van der Waals surface area contributed by atoms with Gasteiger partial charge in [-0.1, -0.05) is 49.6 Å². The number of hydrogen-bond donors (Lipinski definition) is 1. The van der Waals surface area contributed by atoms with Crippen molar-refractivity contribution in [1.82, 2.24) is 9.62 Å². The van der Waals surface area contributed by atoms with E-state index in [1.54, 1.807) is 47.4 Å². The van der Waals surface area contributed by atoms with E-state index in [2.05, 4.69) is 4.72 Å². The van der Waals surface area contributed by atoms with Gasteiger partial charge in [0.15, 0.2) is 9.84 Å². The van der Waals surface area contributed by atoms with Crippen molar-refractivity contribution in [2.24, 2.45) is 0 Å². The van der Waals surface area contributed by atoms with Crippen molar-refractivity contribution in [3.05, 3.63) is 60.2 Å². The third-order valence-electron chi connectivity index (χ3n) is 6.99. The molecule has 0 atom stereocenters. The van der Waals surface area contributed by atoms with Gasteiger partial charge in [-0.3, -0.25) is 4.79 Å². The highest BCUT2D eigenvalue weighted by Gasteiger charge is 2.46. The van der Waals surface area contributed by atoms with Crippen LogP contribution in [0.25, 0.3) is 0 Å². The van der Waals surface area contributed by atoms with E-state index in [1.807, 2.05) is 13.0 Å². The molecule has 1 saturated carbocycles. The summed E-state index contributed by atoms with van der Waals surface area (Å²) in [5, 5.41) is -0.551. The quantitative estimate of drug-likeness (QED) is 0.650. The summed E-state index contributed by atoms with van der Waals surface area (Å²) in [6.07, 6.45) is 4.05. The standard InChI is InChI=1S/C25H32N2O5S2/c1-20-9-8-12-23(19-20)34(31,32)26-25(15-6-3-7-16-25)24(28)27-17-13-22(14-18-27)33(29,30)21-10-4-2-5-11-21/h2,4-5,8-12,19,22,26H,3,6-7,13-18H2,1H3. The Morgan fingerprint density at radius 2 is 1.50 bits per heavy atom. The van der Waals surface area contributed by atoms with E-state index in [9.17, 15) is 21.6 Å². The van der Waals surface area contributed by atoms with E-state index < -0.39 is 30.6 Å². The van der Waals surface area contributed by atoms with Crippen molar-refractivity contribution < 1.29 is 21.6 Å². The van der Waals surface area contributed by atoms with Crippen LogP contribution < -0.4 is 4.72 Å². The second-order valence-corrected chi connectivity index (χ2v) is 13.3. The first-order valence-electron chi connectivity index (χ1n) is 11.8. The Morgan fingerprint density at radius 3 is 2.12 bits per heavy atom. The molecule has 2 aliphatic rings. The van der Waals surface area contributed by atoms with Crippen molar-refractivity contribution in [3.63, 3.8) is 0 Å². The van der Waals surface area contributed by atoms with Crippen LogP contribution in [0.4, 0.5) is 0 Å². The number of aryl methyl sites for hydroxylation is 1. The smallest absolute Gasteiger partial charge is 0.243 e. The first-order chi connectivity index (χ1) is 16.1. The molecule has 1 saturated heterocycles. The molecule has 1 heterocycles. The molecule has 2 aromatic rings. The summed E-state index contributed by atoms with van der Waals surface area (Å²) in [6.45, 7) is 2.42. The first kappa shape index (κ1) is 24.9. The maximum atomic E-state index is 13.7. The minimum Gasteiger partial charge on any atom is -0.341 e. The van der Waals surface area contributed by atoms with Crippen LogP contribution in [0.3, 0.4) is 0 Å². The molecule has 0 bridgehead atoms. The van der Waals surface area contributed by atoms with E-state index in [0.29, 0.717) is 43.7 Å². The molecule has 0 spiro atoms. The highest BCUT2D eigenvalue weighted by atomic mass is 32.2. The second kappa shape index (κ2) is 9.79. The number of carbonyl (C=O) groups excluding carboxylic acids is 1. The van der Waals surface area contributed by atoms with E-state index in [0.717, 1.165) is 24.8 Å². The van der Waals surface area contributed by atoms with Gasteiger partial charge in [-0.05, 0) is 62.4 Å². The highest BCUT2D eigenvalue weighted by Crippen LogP contribution is 2.34. The molecule has 2 fully saturated rings. The number of rotatable bonds is 6. The van der Waals surface area contributed by atoms with E-state index >= 15 is 0 Å². The normalized spacial score (nSPS) is 19.6. The molecule has 0 radical (unpaired) electrons. The number of sulfone groups is 1. The lowest BCUT2D eigenvalue weighted by Gasteiger charge is -2.42. The fourth-order valence-electron chi connectivity index (χ4n) is 5.09. The number of nitrogens with zero attached hydrogens (tertiary/aromatic N) is 1. The van der Waals surface area contributed by atoms with Crippen molar-refractivity contribution >= 4 is 25.8 Å². The zero-order valence-corrected chi connectivity index (χ0v) is 21.1. The SMILES string of the molecule is Cc1cccc(S(=O)(=O)NC2(C(=O)N3CCC(S(=O)(=O)c4ccccc4)CC3)CCCCC2)c1. The highest BCUT2D eigenvalue weighted by molar-refractivity contribution is 7.92. The molecule has 0 aromatic heterocycles. The average Bonchev–Trinajstić information content (AvgIpc) is 2.84. The second-order valence-electron chi connectivity index (χ2n) is 9.41. The fraction of sp³-hybridized carbons (Fsp3) is 0.480. The van der Waals surface area contributed by atoms with Crippen LogP contribution in [0.15, 0.2) is 64.4 Å². The van der Waals surface area contributed by atoms with Crippen molar-refractivity contribution in [2.45, 2.75) is 72.4 Å². The van der Waals surface area contributed by atoms with Crippen molar-refractivity contribution in [2.75, 3.05) is 13.1 Å². The summed E-state index contributed by atoms with van der Waals surface area (Å²) in [4.78, 5) is 15.8. The topological polar surface area (TPSA) is 101 Å². The van der Waals surface area contributed by atoms with Crippen LogP contribution in [-0.2, 0) is 24.7 Å². The maximum Gasteiger partial charge on any atom is 0.243 e. The molecule has 2 aromatic carbocycles. The molecule has 9 heteroatoms. The summed E-state index contributed by atoms with van der Waals surface area (Å²) in [6, 6.07) is 15.1. The van der Waals surface area contributed by atoms with Crippen LogP contribution in [0.5, 0.6) is 0 Å². The predicted molar refractivity (Wildman–Crippen MR) is 131 cm³/mol. The number of carbonyl (C=O) groups is 1. The third-order valence-corrected chi connectivity index (χ3v) is 10.8. The van der Waals surface area contributed by atoms with E-state index in [-0.39, 0.29) is 10.8 Å². The Labute approximate surface area is 202 Å². The molecule has 1 amide bonds. The van der Waals surface area contributed by atoms with Gasteiger partial charge in [-0.2, -0.15) is 4.72 Å². The number of likely N-dealkylation sites (tertiary alicyclic amines) is 1. The summed E-state index contributed by atoms with van der Waals surface area (Å²) < 4.78 is 55.2. The molecular formula is C25H32N2O5S2. The zero-order valence-electron chi connectivity index (χ0n) is 19.4. The summed E-state index contributed by atoms with van der Waals surface area (Å²) in [7, 11) is -7.36. The Bertz CT molecular complexity index is 1230. The summed E-state index contributed by atoms with van der Waals surface area (Å²) >= 11 is 0. The molecule has 34 heavy (non-hydrogen) atoms. The molecule has 0 unspecified atom stereocenters. The van der Waals surface area contributed by atoms with Crippen LogP contribution in [-0.4, -0.2) is 51.5 Å². The fourth-order valence-corrected chi connectivity index (χ4v) is 8.36. The number of nitrogens with one attached hydrogen (secondary N) is 1. The van der Waals surface area contributed by atoms with Gasteiger partial charge < -0.3 is 4.90 Å². The Morgan fingerprint density at radius 1 is 0.882 bits per heavy atom. The van der Waals surface area contributed by atoms with Crippen LogP contribution in [0, 0.1) is 6.92 Å². The molecule has 1 N–H and O–H groups in total. The van der Waals surface area contributed by atoms with Gasteiger partial charge >= 0.3 is 0 Å². The molecule has 1 aliphatic heterocycles. The van der Waals surface area contributed by atoms with Crippen LogP contribution >= 0.6 is 0 Å². The van der Waals surface area contributed by atoms with Crippen LogP contribution in [0.1, 0.15) is 50.5 Å². The van der Waals surface area contributed by atoms with Gasteiger partial charge in [0.2, 0.25) is 15.9 Å². The number of hydrogen-bond acceptors (Lipinski definition) is 5. The zero-order chi connectivity index (χ0) is 24.4. The van der Waals surface area contributed by atoms with E-state index in [1.165, 1.54) is 6.07 Å². The van der Waals surface area contributed by atoms with Gasteiger partial charge in [0.1, 0.15) is 5.54 Å². The molecule has 4 rings (SSSR count). The lowest BCUT2D eigenvalue weighted by molar-refractivity contribution is -0.139. The first-order valence-corrected chi connectivity index (χ1v) is 14.9. The van der Waals surface area contributed by atoms with Gasteiger partial charge in [-0.15, -0.1) is 0 Å². The summed E-state index contributed by atoms with van der Waals surface area (Å²) in [5.41, 5.74) is -0.361. The van der Waals surface area contributed by atoms with Gasteiger partial charge in [-0.25, -0.2) is 16.8 Å². The summed E-state index contributed by atoms with van der Waals surface area (Å²) in [5.74, 6) is -0.237. The van der Waals surface area contributed by atoms with Gasteiger partial charge in [0, 0.05) is 13.1 Å².